The van der Waals surface area contributed by atoms with Gasteiger partial charge in [0.05, 0.1) is 5.69 Å². The van der Waals surface area contributed by atoms with Crippen molar-refractivity contribution in [2.75, 3.05) is 4.90 Å². The minimum Gasteiger partial charge on any atom is -0.456 e. The average Bonchev–Trinajstić information content (AvgIpc) is 3.76. The standard InChI is InChI=1S/C62H41NO/c1-2-14-45(15-3-1)56-38-33-50(49-28-27-42-13-4-5-17-47(42)39-49)41-59(56)63(53-36-31-46(32-37-53)57-24-12-26-61-62(57)58-22-8-9-25-60(58)64-61)52-34-29-43(30-35-52)48-19-10-20-51(40-48)55-23-11-18-44-16-6-7-21-54(44)55/h1-41H. The first-order chi connectivity index (χ1) is 31.7. The zero-order valence-corrected chi connectivity index (χ0v) is 35.0. The second-order valence-corrected chi connectivity index (χ2v) is 16.5. The van der Waals surface area contributed by atoms with E-state index in [9.17, 15) is 0 Å². The molecule has 0 aliphatic rings. The van der Waals surface area contributed by atoms with Gasteiger partial charge in [0.15, 0.2) is 0 Å². The third-order valence-corrected chi connectivity index (χ3v) is 12.7. The predicted octanol–water partition coefficient (Wildman–Crippen LogP) is 17.7. The molecule has 0 amide bonds. The van der Waals surface area contributed by atoms with Crippen LogP contribution in [-0.2, 0) is 0 Å². The zero-order chi connectivity index (χ0) is 42.4. The second kappa shape index (κ2) is 15.8. The molecule has 0 bridgehead atoms. The highest BCUT2D eigenvalue weighted by Crippen LogP contribution is 2.45. The molecule has 2 heteroatoms. The maximum Gasteiger partial charge on any atom is 0.136 e. The summed E-state index contributed by atoms with van der Waals surface area (Å²) in [6.07, 6.45) is 0. The van der Waals surface area contributed by atoms with Gasteiger partial charge in [-0.15, -0.1) is 0 Å². The topological polar surface area (TPSA) is 16.4 Å². The molecule has 1 aromatic heterocycles. The fraction of sp³-hybridized carbons (Fsp3) is 0. The highest BCUT2D eigenvalue weighted by Gasteiger charge is 2.20. The molecule has 0 spiro atoms. The van der Waals surface area contributed by atoms with Gasteiger partial charge in [-0.1, -0.05) is 194 Å². The quantitative estimate of drug-likeness (QED) is 0.152. The molecule has 12 rings (SSSR count). The Labute approximate surface area is 372 Å². The second-order valence-electron chi connectivity index (χ2n) is 16.5. The molecule has 0 N–H and O–H groups in total. The third-order valence-electron chi connectivity index (χ3n) is 12.7. The number of benzene rings is 11. The lowest BCUT2D eigenvalue weighted by atomic mass is 9.94. The molecule has 0 radical (unpaired) electrons. The van der Waals surface area contributed by atoms with Crippen molar-refractivity contribution >= 4 is 60.5 Å². The fourth-order valence-electron chi connectivity index (χ4n) is 9.51. The highest BCUT2D eigenvalue weighted by atomic mass is 16.3. The van der Waals surface area contributed by atoms with Crippen molar-refractivity contribution in [3.63, 3.8) is 0 Å². The van der Waals surface area contributed by atoms with E-state index in [1.54, 1.807) is 0 Å². The van der Waals surface area contributed by atoms with Gasteiger partial charge < -0.3 is 9.32 Å². The van der Waals surface area contributed by atoms with E-state index in [0.717, 1.165) is 72.4 Å². The van der Waals surface area contributed by atoms with Crippen LogP contribution in [-0.4, -0.2) is 0 Å². The van der Waals surface area contributed by atoms with Crippen molar-refractivity contribution in [3.05, 3.63) is 249 Å². The summed E-state index contributed by atoms with van der Waals surface area (Å²) in [5, 5.41) is 7.22. The first-order valence-electron chi connectivity index (χ1n) is 21.9. The first-order valence-corrected chi connectivity index (χ1v) is 21.9. The lowest BCUT2D eigenvalue weighted by Gasteiger charge is -2.29. The molecule has 64 heavy (non-hydrogen) atoms. The molecule has 0 saturated heterocycles. The summed E-state index contributed by atoms with van der Waals surface area (Å²) >= 11 is 0. The van der Waals surface area contributed by atoms with Gasteiger partial charge in [0.2, 0.25) is 0 Å². The summed E-state index contributed by atoms with van der Waals surface area (Å²) in [7, 11) is 0. The summed E-state index contributed by atoms with van der Waals surface area (Å²) in [4.78, 5) is 2.42. The van der Waals surface area contributed by atoms with E-state index in [0.29, 0.717) is 0 Å². The molecule has 0 aliphatic carbocycles. The number of furan rings is 1. The van der Waals surface area contributed by atoms with Crippen LogP contribution in [0.25, 0.3) is 99.1 Å². The van der Waals surface area contributed by atoms with E-state index in [1.807, 2.05) is 12.1 Å². The Morgan fingerprint density at radius 1 is 0.266 bits per heavy atom. The van der Waals surface area contributed by atoms with Crippen molar-refractivity contribution < 1.29 is 4.42 Å². The Balaban J connectivity index is 1.01. The minimum absolute atomic E-state index is 0.894. The minimum atomic E-state index is 0.894. The Hall–Kier alpha value is -8.46. The number of nitrogens with zero attached hydrogens (tertiary/aromatic N) is 1. The number of rotatable bonds is 8. The highest BCUT2D eigenvalue weighted by molar-refractivity contribution is 6.12. The van der Waals surface area contributed by atoms with E-state index in [1.165, 1.54) is 43.8 Å². The van der Waals surface area contributed by atoms with E-state index in [2.05, 4.69) is 241 Å². The van der Waals surface area contributed by atoms with Crippen molar-refractivity contribution in [2.24, 2.45) is 0 Å². The summed E-state index contributed by atoms with van der Waals surface area (Å²) in [6, 6.07) is 89.8. The smallest absolute Gasteiger partial charge is 0.136 e. The van der Waals surface area contributed by atoms with Gasteiger partial charge in [-0.2, -0.15) is 0 Å². The SMILES string of the molecule is c1ccc(-c2ccc(-c3ccc4ccccc4c3)cc2N(c2ccc(-c3cccc(-c4cccc5ccccc45)c3)cc2)c2ccc(-c3cccc4oc5ccccc5c34)cc2)cc1. The lowest BCUT2D eigenvalue weighted by molar-refractivity contribution is 0.669. The number of para-hydroxylation sites is 1. The van der Waals surface area contributed by atoms with Gasteiger partial charge in [-0.25, -0.2) is 0 Å². The van der Waals surface area contributed by atoms with Crippen molar-refractivity contribution in [1.29, 1.82) is 0 Å². The molecular weight excluding hydrogens is 775 g/mol. The van der Waals surface area contributed by atoms with Crippen LogP contribution in [0.15, 0.2) is 253 Å². The Bertz CT molecular complexity index is 3650. The summed E-state index contributed by atoms with van der Waals surface area (Å²) < 4.78 is 6.30. The third kappa shape index (κ3) is 6.70. The van der Waals surface area contributed by atoms with Crippen LogP contribution >= 0.6 is 0 Å². The number of fused-ring (bicyclic) bond motifs is 5. The molecule has 1 heterocycles. The number of anilines is 3. The van der Waals surface area contributed by atoms with Crippen molar-refractivity contribution in [3.8, 4) is 55.6 Å². The zero-order valence-electron chi connectivity index (χ0n) is 35.0. The molecule has 0 fully saturated rings. The maximum absolute atomic E-state index is 6.30. The van der Waals surface area contributed by atoms with Gasteiger partial charge in [0.25, 0.3) is 0 Å². The van der Waals surface area contributed by atoms with Gasteiger partial charge in [-0.05, 0) is 126 Å². The van der Waals surface area contributed by atoms with E-state index >= 15 is 0 Å². The van der Waals surface area contributed by atoms with E-state index in [-0.39, 0.29) is 0 Å². The Kier molecular flexibility index (Phi) is 9.20. The molecule has 0 aliphatic heterocycles. The van der Waals surface area contributed by atoms with Gasteiger partial charge >= 0.3 is 0 Å². The molecule has 0 saturated carbocycles. The van der Waals surface area contributed by atoms with Crippen LogP contribution in [0.1, 0.15) is 0 Å². The van der Waals surface area contributed by atoms with Crippen LogP contribution in [0.4, 0.5) is 17.1 Å². The summed E-state index contributed by atoms with van der Waals surface area (Å²) in [5.41, 5.74) is 16.7. The molecule has 300 valence electrons. The van der Waals surface area contributed by atoms with Crippen LogP contribution in [0.2, 0.25) is 0 Å². The maximum atomic E-state index is 6.30. The molecule has 11 aromatic carbocycles. The summed E-state index contributed by atoms with van der Waals surface area (Å²) in [6.45, 7) is 0. The van der Waals surface area contributed by atoms with Crippen molar-refractivity contribution in [2.45, 2.75) is 0 Å². The summed E-state index contributed by atoms with van der Waals surface area (Å²) in [5.74, 6) is 0. The monoisotopic (exact) mass is 815 g/mol. The lowest BCUT2D eigenvalue weighted by Crippen LogP contribution is -2.11. The van der Waals surface area contributed by atoms with E-state index < -0.39 is 0 Å². The fourth-order valence-corrected chi connectivity index (χ4v) is 9.51. The van der Waals surface area contributed by atoms with Gasteiger partial charge in [-0.3, -0.25) is 0 Å². The van der Waals surface area contributed by atoms with E-state index in [4.69, 9.17) is 4.42 Å². The molecule has 0 atom stereocenters. The van der Waals surface area contributed by atoms with Gasteiger partial charge in [0, 0.05) is 27.7 Å². The first kappa shape index (κ1) is 37.3. The van der Waals surface area contributed by atoms with Crippen LogP contribution in [0.3, 0.4) is 0 Å². The molecule has 12 aromatic rings. The van der Waals surface area contributed by atoms with Crippen LogP contribution in [0, 0.1) is 0 Å². The predicted molar refractivity (Wildman–Crippen MR) is 271 cm³/mol. The Morgan fingerprint density at radius 2 is 0.797 bits per heavy atom. The Morgan fingerprint density at radius 3 is 1.62 bits per heavy atom. The molecular formula is C62H41NO. The number of hydrogen-bond acceptors (Lipinski definition) is 2. The normalized spacial score (nSPS) is 11.4. The van der Waals surface area contributed by atoms with Crippen LogP contribution < -0.4 is 4.90 Å². The van der Waals surface area contributed by atoms with Crippen molar-refractivity contribution in [1.82, 2.24) is 0 Å². The molecule has 0 unspecified atom stereocenters. The number of hydrogen-bond donors (Lipinski definition) is 0. The largest absolute Gasteiger partial charge is 0.456 e. The molecule has 2 nitrogen and oxygen atoms in total. The van der Waals surface area contributed by atoms with Crippen LogP contribution in [0.5, 0.6) is 0 Å². The van der Waals surface area contributed by atoms with Gasteiger partial charge in [0.1, 0.15) is 11.2 Å². The average molecular weight is 816 g/mol.